The largest absolute Gasteiger partial charge is 0.0622 e. The van der Waals surface area contributed by atoms with E-state index in [0.717, 1.165) is 29.1 Å². The molecule has 4 saturated carbocycles. The minimum Gasteiger partial charge on any atom is -0.0622 e. The number of fused-ring (bicyclic) bond motifs is 3. The van der Waals surface area contributed by atoms with E-state index < -0.39 is 0 Å². The second-order valence-corrected chi connectivity index (χ2v) is 10.1. The molecule has 20 heavy (non-hydrogen) atoms. The Hall–Kier alpha value is 0. The first kappa shape index (κ1) is 13.6. The van der Waals surface area contributed by atoms with Crippen LogP contribution < -0.4 is 0 Å². The zero-order valence-electron chi connectivity index (χ0n) is 14.2. The molecule has 0 aromatic carbocycles. The summed E-state index contributed by atoms with van der Waals surface area (Å²) in [5, 5.41) is 0. The summed E-state index contributed by atoms with van der Waals surface area (Å²) in [5.41, 5.74) is 2.06. The molecule has 0 radical (unpaired) electrons. The van der Waals surface area contributed by atoms with E-state index in [4.69, 9.17) is 0 Å². The minimum atomic E-state index is 0.607. The fourth-order valence-electron chi connectivity index (χ4n) is 8.12. The lowest BCUT2D eigenvalue weighted by molar-refractivity contribution is -0.144. The fourth-order valence-corrected chi connectivity index (χ4v) is 8.12. The summed E-state index contributed by atoms with van der Waals surface area (Å²) in [7, 11) is 0. The first-order valence-corrected chi connectivity index (χ1v) is 9.37. The van der Waals surface area contributed by atoms with Gasteiger partial charge in [-0.3, -0.25) is 0 Å². The molecular formula is C20H34. The van der Waals surface area contributed by atoms with Crippen LogP contribution in [0.5, 0.6) is 0 Å². The van der Waals surface area contributed by atoms with Gasteiger partial charge in [-0.05, 0) is 91.3 Å². The summed E-state index contributed by atoms with van der Waals surface area (Å²) in [6.07, 6.45) is 13.9. The summed E-state index contributed by atoms with van der Waals surface area (Å²) < 4.78 is 0. The van der Waals surface area contributed by atoms with Crippen LogP contribution in [0.1, 0.15) is 85.5 Å². The van der Waals surface area contributed by atoms with E-state index in [-0.39, 0.29) is 0 Å². The summed E-state index contributed by atoms with van der Waals surface area (Å²) in [5.74, 6) is 4.18. The van der Waals surface area contributed by atoms with Crippen molar-refractivity contribution in [1.82, 2.24) is 0 Å². The van der Waals surface area contributed by atoms with Crippen LogP contribution in [0.25, 0.3) is 0 Å². The van der Waals surface area contributed by atoms with E-state index in [1.807, 2.05) is 0 Å². The van der Waals surface area contributed by atoms with Gasteiger partial charge in [-0.2, -0.15) is 0 Å². The van der Waals surface area contributed by atoms with Crippen molar-refractivity contribution in [2.45, 2.75) is 85.5 Å². The average Bonchev–Trinajstić information content (AvgIpc) is 2.58. The van der Waals surface area contributed by atoms with Gasteiger partial charge < -0.3 is 0 Å². The van der Waals surface area contributed by atoms with Crippen LogP contribution in [0.4, 0.5) is 0 Å². The predicted octanol–water partition coefficient (Wildman–Crippen LogP) is 6.06. The van der Waals surface area contributed by atoms with Crippen molar-refractivity contribution in [3.8, 4) is 0 Å². The maximum Gasteiger partial charge on any atom is -0.0258 e. The summed E-state index contributed by atoms with van der Waals surface area (Å²) in [4.78, 5) is 0. The highest BCUT2D eigenvalue weighted by molar-refractivity contribution is 5.12. The third-order valence-corrected chi connectivity index (χ3v) is 8.77. The molecule has 0 aliphatic heterocycles. The third-order valence-electron chi connectivity index (χ3n) is 8.77. The summed E-state index contributed by atoms with van der Waals surface area (Å²) in [6.45, 7) is 10.4. The number of hydrogen-bond acceptors (Lipinski definition) is 0. The van der Waals surface area contributed by atoms with Crippen LogP contribution >= 0.6 is 0 Å². The van der Waals surface area contributed by atoms with Crippen LogP contribution in [-0.4, -0.2) is 0 Å². The van der Waals surface area contributed by atoms with Crippen molar-refractivity contribution in [1.29, 1.82) is 0 Å². The standard InChI is InChI=1S/C20H34/c1-14-12-20-11-8-16-18(2,3)9-5-10-19(16,4)17(20)7-6-15(14)13-20/h14-17H,5-13H2,1-4H3/t14-,15?,16?,17?,19+,20?/m1/s1. The Labute approximate surface area is 126 Å². The van der Waals surface area contributed by atoms with Crippen LogP contribution in [0.2, 0.25) is 0 Å². The van der Waals surface area contributed by atoms with Gasteiger partial charge in [-0.25, -0.2) is 0 Å². The Morgan fingerprint density at radius 3 is 2.40 bits per heavy atom. The molecule has 4 aliphatic rings. The third kappa shape index (κ3) is 1.60. The highest BCUT2D eigenvalue weighted by atomic mass is 14.7. The number of rotatable bonds is 0. The van der Waals surface area contributed by atoms with E-state index in [2.05, 4.69) is 27.7 Å². The second-order valence-electron chi connectivity index (χ2n) is 10.1. The van der Waals surface area contributed by atoms with Gasteiger partial charge in [0.15, 0.2) is 0 Å². The van der Waals surface area contributed by atoms with Gasteiger partial charge in [-0.1, -0.05) is 34.1 Å². The monoisotopic (exact) mass is 274 g/mol. The molecule has 0 heteroatoms. The van der Waals surface area contributed by atoms with Gasteiger partial charge >= 0.3 is 0 Å². The van der Waals surface area contributed by atoms with Crippen LogP contribution in [-0.2, 0) is 0 Å². The molecule has 4 unspecified atom stereocenters. The lowest BCUT2D eigenvalue weighted by Gasteiger charge is -2.64. The van der Waals surface area contributed by atoms with Gasteiger partial charge in [-0.15, -0.1) is 0 Å². The normalized spacial score (nSPS) is 57.0. The molecule has 2 bridgehead atoms. The van der Waals surface area contributed by atoms with E-state index in [0.29, 0.717) is 10.8 Å². The molecule has 0 N–H and O–H groups in total. The molecule has 4 fully saturated rings. The molecule has 4 rings (SSSR count). The van der Waals surface area contributed by atoms with E-state index in [9.17, 15) is 0 Å². The van der Waals surface area contributed by atoms with Crippen molar-refractivity contribution in [2.75, 3.05) is 0 Å². The van der Waals surface area contributed by atoms with Gasteiger partial charge in [0.1, 0.15) is 0 Å². The van der Waals surface area contributed by atoms with Crippen LogP contribution in [0, 0.1) is 39.9 Å². The molecule has 0 saturated heterocycles. The van der Waals surface area contributed by atoms with E-state index in [1.165, 1.54) is 19.3 Å². The molecule has 0 aromatic rings. The van der Waals surface area contributed by atoms with Crippen molar-refractivity contribution in [3.63, 3.8) is 0 Å². The topological polar surface area (TPSA) is 0 Å². The Morgan fingerprint density at radius 2 is 1.60 bits per heavy atom. The number of hydrogen-bond donors (Lipinski definition) is 0. The maximum absolute atomic E-state index is 2.72. The Morgan fingerprint density at radius 1 is 0.800 bits per heavy atom. The molecule has 0 amide bonds. The zero-order valence-corrected chi connectivity index (χ0v) is 14.2. The predicted molar refractivity (Wildman–Crippen MR) is 85.5 cm³/mol. The lowest BCUT2D eigenvalue weighted by atomic mass is 9.41. The average molecular weight is 274 g/mol. The highest BCUT2D eigenvalue weighted by Gasteiger charge is 2.63. The van der Waals surface area contributed by atoms with Crippen molar-refractivity contribution < 1.29 is 0 Å². The zero-order chi connectivity index (χ0) is 14.2. The van der Waals surface area contributed by atoms with Crippen LogP contribution in [0.15, 0.2) is 0 Å². The van der Waals surface area contributed by atoms with Gasteiger partial charge in [0.2, 0.25) is 0 Å². The summed E-state index contributed by atoms with van der Waals surface area (Å²) in [6, 6.07) is 0. The van der Waals surface area contributed by atoms with Crippen molar-refractivity contribution >= 4 is 0 Å². The van der Waals surface area contributed by atoms with E-state index in [1.54, 1.807) is 38.5 Å². The Kier molecular flexibility index (Phi) is 2.76. The summed E-state index contributed by atoms with van der Waals surface area (Å²) >= 11 is 0. The molecule has 6 atom stereocenters. The molecule has 0 aromatic heterocycles. The highest BCUT2D eigenvalue weighted by Crippen LogP contribution is 2.72. The molecule has 0 heterocycles. The molecule has 4 aliphatic carbocycles. The molecule has 1 spiro atoms. The quantitative estimate of drug-likeness (QED) is 0.504. The fraction of sp³-hybridized carbons (Fsp3) is 1.00. The van der Waals surface area contributed by atoms with Gasteiger partial charge in [0.25, 0.3) is 0 Å². The second kappa shape index (κ2) is 4.05. The van der Waals surface area contributed by atoms with Gasteiger partial charge in [0, 0.05) is 0 Å². The first-order chi connectivity index (χ1) is 9.37. The van der Waals surface area contributed by atoms with Crippen molar-refractivity contribution in [3.05, 3.63) is 0 Å². The lowest BCUT2D eigenvalue weighted by Crippen LogP contribution is -2.55. The SMILES string of the molecule is C[C@@H]1CC23CCC4C(C)(C)CCC[C@]4(C)C2CCC1C3. The smallest absolute Gasteiger partial charge is 0.0258 e. The minimum absolute atomic E-state index is 0.607. The Bertz CT molecular complexity index is 404. The Balaban J connectivity index is 1.72. The molecular weight excluding hydrogens is 240 g/mol. The van der Waals surface area contributed by atoms with Gasteiger partial charge in [0.05, 0.1) is 0 Å². The molecule has 114 valence electrons. The first-order valence-electron chi connectivity index (χ1n) is 9.37. The molecule has 0 nitrogen and oxygen atoms in total. The van der Waals surface area contributed by atoms with E-state index >= 15 is 0 Å². The van der Waals surface area contributed by atoms with Crippen LogP contribution in [0.3, 0.4) is 0 Å². The maximum atomic E-state index is 2.72. The van der Waals surface area contributed by atoms with Crippen molar-refractivity contribution in [2.24, 2.45) is 39.9 Å².